The first-order valence-corrected chi connectivity index (χ1v) is 4.87. The molecule has 0 aromatic rings. The minimum Gasteiger partial charge on any atom is -0.430 e. The van der Waals surface area contributed by atoms with E-state index in [1.54, 1.807) is 0 Å². The second kappa shape index (κ2) is 9.71. The first-order chi connectivity index (χ1) is 8.63. The number of carbonyl (C=O) groups is 2. The number of ether oxygens (including phenoxy) is 4. The molecule has 0 spiro atoms. The summed E-state index contributed by atoms with van der Waals surface area (Å²) in [5.74, 6) is -0.409. The highest BCUT2D eigenvalue weighted by molar-refractivity contribution is 5.64. The summed E-state index contributed by atoms with van der Waals surface area (Å²) in [5, 5.41) is 0. The van der Waals surface area contributed by atoms with E-state index in [0.717, 1.165) is 6.08 Å². The predicted octanol–water partition coefficient (Wildman–Crippen LogP) is 2.69. The fraction of sp³-hybridized carbons (Fsp3) is 0.167. The molecular formula is C12H14O6. The molecule has 0 aromatic carbocycles. The average molecular weight is 254 g/mol. The summed E-state index contributed by atoms with van der Waals surface area (Å²) in [6, 6.07) is 0. The van der Waals surface area contributed by atoms with Crippen LogP contribution in [0.25, 0.3) is 0 Å². The third-order valence-corrected chi connectivity index (χ3v) is 1.26. The quantitative estimate of drug-likeness (QED) is 0.301. The highest BCUT2D eigenvalue weighted by atomic mass is 16.8. The Bertz CT molecular complexity index is 328. The molecule has 0 rings (SSSR count). The van der Waals surface area contributed by atoms with Gasteiger partial charge in [-0.3, -0.25) is 0 Å². The number of rotatable bonds is 7. The van der Waals surface area contributed by atoms with Crippen molar-refractivity contribution >= 4 is 12.3 Å². The van der Waals surface area contributed by atoms with Crippen LogP contribution in [0.15, 0.2) is 50.0 Å². The van der Waals surface area contributed by atoms with Gasteiger partial charge in [-0.25, -0.2) is 9.59 Å². The van der Waals surface area contributed by atoms with Crippen LogP contribution in [-0.2, 0) is 18.9 Å². The summed E-state index contributed by atoms with van der Waals surface area (Å²) in [7, 11) is 0. The maximum Gasteiger partial charge on any atom is 0.516 e. The fourth-order valence-corrected chi connectivity index (χ4v) is 0.662. The number of hydrogen-bond donors (Lipinski definition) is 0. The van der Waals surface area contributed by atoms with Crippen molar-refractivity contribution in [3.8, 4) is 0 Å². The Morgan fingerprint density at radius 2 is 1.33 bits per heavy atom. The largest absolute Gasteiger partial charge is 0.516 e. The lowest BCUT2D eigenvalue weighted by Gasteiger charge is -2.07. The van der Waals surface area contributed by atoms with Crippen LogP contribution < -0.4 is 0 Å². The van der Waals surface area contributed by atoms with Gasteiger partial charge in [0.1, 0.15) is 13.2 Å². The lowest BCUT2D eigenvalue weighted by molar-refractivity contribution is 0.0190. The maximum absolute atomic E-state index is 11.1. The zero-order valence-electron chi connectivity index (χ0n) is 9.79. The minimum absolute atomic E-state index is 0.0267. The lowest BCUT2D eigenvalue weighted by atomic mass is 10.6. The molecule has 98 valence electrons. The summed E-state index contributed by atoms with van der Waals surface area (Å²) >= 11 is 0. The summed E-state index contributed by atoms with van der Waals surface area (Å²) in [6.45, 7) is 10.0. The van der Waals surface area contributed by atoms with Crippen LogP contribution in [0.1, 0.15) is 0 Å². The van der Waals surface area contributed by atoms with Gasteiger partial charge in [0.2, 0.25) is 0 Å². The van der Waals surface area contributed by atoms with Crippen LogP contribution >= 0.6 is 0 Å². The lowest BCUT2D eigenvalue weighted by Crippen LogP contribution is -2.13. The molecule has 0 aromatic heterocycles. The molecule has 0 bridgehead atoms. The van der Waals surface area contributed by atoms with Gasteiger partial charge >= 0.3 is 18.3 Å². The van der Waals surface area contributed by atoms with Gasteiger partial charge < -0.3 is 18.9 Å². The molecule has 0 atom stereocenters. The number of allylic oxidation sites excluding steroid dienone is 2. The van der Waals surface area contributed by atoms with Crippen LogP contribution in [0.5, 0.6) is 0 Å². The zero-order chi connectivity index (χ0) is 13.8. The molecule has 0 amide bonds. The van der Waals surface area contributed by atoms with Crippen LogP contribution in [0, 0.1) is 0 Å². The van der Waals surface area contributed by atoms with Gasteiger partial charge in [0.05, 0.1) is 0 Å². The summed E-state index contributed by atoms with van der Waals surface area (Å²) in [4.78, 5) is 22.1. The fourth-order valence-electron chi connectivity index (χ4n) is 0.662. The zero-order valence-corrected chi connectivity index (χ0v) is 9.79. The normalized spacial score (nSPS) is 8.44. The highest BCUT2D eigenvalue weighted by Crippen LogP contribution is 2.05. The topological polar surface area (TPSA) is 71.1 Å². The van der Waals surface area contributed by atoms with E-state index >= 15 is 0 Å². The summed E-state index contributed by atoms with van der Waals surface area (Å²) in [6.07, 6.45) is 3.05. The van der Waals surface area contributed by atoms with Gasteiger partial charge in [0.15, 0.2) is 0 Å². The third-order valence-electron chi connectivity index (χ3n) is 1.26. The molecule has 0 fully saturated rings. The first kappa shape index (κ1) is 15.5. The van der Waals surface area contributed by atoms with E-state index in [9.17, 15) is 9.59 Å². The molecule has 0 saturated carbocycles. The van der Waals surface area contributed by atoms with E-state index in [1.165, 1.54) is 18.2 Å². The van der Waals surface area contributed by atoms with Crippen molar-refractivity contribution in [3.63, 3.8) is 0 Å². The highest BCUT2D eigenvalue weighted by Gasteiger charge is 2.13. The minimum atomic E-state index is -1.04. The van der Waals surface area contributed by atoms with E-state index in [2.05, 4.69) is 38.7 Å². The third kappa shape index (κ3) is 7.75. The van der Waals surface area contributed by atoms with E-state index < -0.39 is 18.3 Å². The van der Waals surface area contributed by atoms with E-state index in [-0.39, 0.29) is 13.2 Å². The van der Waals surface area contributed by atoms with Crippen molar-refractivity contribution < 1.29 is 28.5 Å². The molecular weight excluding hydrogens is 240 g/mol. The summed E-state index contributed by atoms with van der Waals surface area (Å²) in [5.41, 5.74) is 0. The molecule has 6 nitrogen and oxygen atoms in total. The van der Waals surface area contributed by atoms with E-state index in [0.29, 0.717) is 0 Å². The Morgan fingerprint density at radius 3 is 1.67 bits per heavy atom. The van der Waals surface area contributed by atoms with Gasteiger partial charge in [-0.2, -0.15) is 0 Å². The maximum atomic E-state index is 11.1. The van der Waals surface area contributed by atoms with E-state index in [4.69, 9.17) is 0 Å². The van der Waals surface area contributed by atoms with Crippen LogP contribution in [0.4, 0.5) is 9.59 Å². The Hall–Kier alpha value is -2.50. The smallest absolute Gasteiger partial charge is 0.430 e. The van der Waals surface area contributed by atoms with Crippen molar-refractivity contribution in [3.05, 3.63) is 50.0 Å². The average Bonchev–Trinajstić information content (AvgIpc) is 2.34. The standard InChI is InChI=1S/C12H14O6/c1-4-7-10(17-11(13)15-8-5-2)18-12(14)16-9-6-3/h4-7H,1-3,8-9H2. The molecule has 0 saturated heterocycles. The van der Waals surface area contributed by atoms with Crippen molar-refractivity contribution in [2.24, 2.45) is 0 Å². The monoisotopic (exact) mass is 254 g/mol. The van der Waals surface area contributed by atoms with Crippen molar-refractivity contribution in [2.75, 3.05) is 13.2 Å². The van der Waals surface area contributed by atoms with Gasteiger partial charge in [-0.15, -0.1) is 0 Å². The molecule has 0 N–H and O–H groups in total. The van der Waals surface area contributed by atoms with Gasteiger partial charge in [0, 0.05) is 6.08 Å². The molecule has 0 aliphatic rings. The number of carbonyl (C=O) groups excluding carboxylic acids is 2. The van der Waals surface area contributed by atoms with Crippen LogP contribution in [0.3, 0.4) is 0 Å². The van der Waals surface area contributed by atoms with Gasteiger partial charge in [0.25, 0.3) is 0 Å². The second-order valence-corrected chi connectivity index (χ2v) is 2.62. The molecule has 0 aliphatic heterocycles. The van der Waals surface area contributed by atoms with Crippen molar-refractivity contribution in [2.45, 2.75) is 0 Å². The Morgan fingerprint density at radius 1 is 0.889 bits per heavy atom. The molecule has 18 heavy (non-hydrogen) atoms. The van der Waals surface area contributed by atoms with Gasteiger partial charge in [-0.05, 0) is 0 Å². The van der Waals surface area contributed by atoms with Crippen molar-refractivity contribution in [1.29, 1.82) is 0 Å². The molecule has 0 radical (unpaired) electrons. The van der Waals surface area contributed by atoms with E-state index in [1.807, 2.05) is 0 Å². The Labute approximate surface area is 105 Å². The molecule has 0 heterocycles. The first-order valence-electron chi connectivity index (χ1n) is 4.87. The SMILES string of the molecule is C=CC=C(OC(=O)OCC=C)OC(=O)OCC=C. The Kier molecular flexibility index (Phi) is 8.36. The molecule has 6 heteroatoms. The van der Waals surface area contributed by atoms with Crippen molar-refractivity contribution in [1.82, 2.24) is 0 Å². The number of hydrogen-bond acceptors (Lipinski definition) is 6. The summed E-state index contributed by atoms with van der Waals surface area (Å²) < 4.78 is 18.2. The predicted molar refractivity (Wildman–Crippen MR) is 63.5 cm³/mol. The molecule has 0 unspecified atom stereocenters. The Balaban J connectivity index is 4.30. The molecule has 0 aliphatic carbocycles. The van der Waals surface area contributed by atoms with Crippen LogP contribution in [-0.4, -0.2) is 25.5 Å². The van der Waals surface area contributed by atoms with Gasteiger partial charge in [-0.1, -0.05) is 38.0 Å². The second-order valence-electron chi connectivity index (χ2n) is 2.62. The van der Waals surface area contributed by atoms with Crippen LogP contribution in [0.2, 0.25) is 0 Å².